The molecule has 2 N–H and O–H groups in total. The van der Waals surface area contributed by atoms with Crippen molar-refractivity contribution in [3.8, 4) is 0 Å². The van der Waals surface area contributed by atoms with Crippen LogP contribution in [0.1, 0.15) is 12.8 Å². The predicted molar refractivity (Wildman–Crippen MR) is 80.7 cm³/mol. The van der Waals surface area contributed by atoms with Crippen LogP contribution >= 0.6 is 12.4 Å². The smallest absolute Gasteiger partial charge is 0.240 e. The molecule has 0 bridgehead atoms. The average molecular weight is 339 g/mol. The molecule has 0 radical (unpaired) electrons. The van der Waals surface area contributed by atoms with Gasteiger partial charge >= 0.3 is 0 Å². The van der Waals surface area contributed by atoms with E-state index in [4.69, 9.17) is 4.74 Å². The van der Waals surface area contributed by atoms with Crippen LogP contribution in [0.3, 0.4) is 0 Å². The third-order valence-corrected chi connectivity index (χ3v) is 4.86. The standard InChI is InChI=1S/C13H19FN2O3S.ClH/c1-19-10-13(6-3-7-15-13)9-16-20(17,18)12-5-2-4-11(14)8-12;/h2,4-5,8,15-16H,3,6-7,9-10H2,1H3;1H. The van der Waals surface area contributed by atoms with Gasteiger partial charge in [0.15, 0.2) is 0 Å². The fourth-order valence-corrected chi connectivity index (χ4v) is 3.58. The predicted octanol–water partition coefficient (Wildman–Crippen LogP) is 1.29. The highest BCUT2D eigenvalue weighted by atomic mass is 35.5. The first-order chi connectivity index (χ1) is 9.47. The zero-order chi connectivity index (χ0) is 14.6. The summed E-state index contributed by atoms with van der Waals surface area (Å²) >= 11 is 0. The number of ether oxygens (including phenoxy) is 1. The molecule has 1 heterocycles. The van der Waals surface area contributed by atoms with Crippen molar-refractivity contribution in [1.29, 1.82) is 0 Å². The molecule has 5 nitrogen and oxygen atoms in total. The van der Waals surface area contributed by atoms with E-state index in [0.29, 0.717) is 6.61 Å². The minimum Gasteiger partial charge on any atom is -0.383 e. The van der Waals surface area contributed by atoms with Crippen LogP contribution in [0.25, 0.3) is 0 Å². The Morgan fingerprint density at radius 1 is 1.48 bits per heavy atom. The van der Waals surface area contributed by atoms with Crippen LogP contribution in [-0.2, 0) is 14.8 Å². The largest absolute Gasteiger partial charge is 0.383 e. The first kappa shape index (κ1) is 18.3. The summed E-state index contributed by atoms with van der Waals surface area (Å²) in [7, 11) is -2.13. The van der Waals surface area contributed by atoms with Gasteiger partial charge in [-0.3, -0.25) is 0 Å². The van der Waals surface area contributed by atoms with Gasteiger partial charge < -0.3 is 10.1 Å². The van der Waals surface area contributed by atoms with Gasteiger partial charge in [-0.05, 0) is 37.6 Å². The highest BCUT2D eigenvalue weighted by molar-refractivity contribution is 7.89. The molecule has 1 aliphatic rings. The normalized spacial score (nSPS) is 22.0. The molecular formula is C13H20ClFN2O3S. The van der Waals surface area contributed by atoms with E-state index >= 15 is 0 Å². The van der Waals surface area contributed by atoms with Crippen molar-refractivity contribution in [2.45, 2.75) is 23.3 Å². The van der Waals surface area contributed by atoms with Crippen LogP contribution in [0.2, 0.25) is 0 Å². The lowest BCUT2D eigenvalue weighted by atomic mass is 9.99. The summed E-state index contributed by atoms with van der Waals surface area (Å²) in [4.78, 5) is -0.0666. The van der Waals surface area contributed by atoms with Gasteiger partial charge in [-0.25, -0.2) is 17.5 Å². The molecule has 1 unspecified atom stereocenters. The summed E-state index contributed by atoms with van der Waals surface area (Å²) in [5, 5.41) is 3.28. The van der Waals surface area contributed by atoms with Crippen molar-refractivity contribution in [3.05, 3.63) is 30.1 Å². The zero-order valence-corrected chi connectivity index (χ0v) is 13.4. The Bertz CT molecular complexity index is 562. The van der Waals surface area contributed by atoms with Crippen LogP contribution in [-0.4, -0.2) is 40.8 Å². The van der Waals surface area contributed by atoms with Crippen molar-refractivity contribution in [1.82, 2.24) is 10.0 Å². The number of halogens is 2. The lowest BCUT2D eigenvalue weighted by molar-refractivity contribution is 0.122. The number of sulfonamides is 1. The van der Waals surface area contributed by atoms with E-state index in [2.05, 4.69) is 10.0 Å². The Morgan fingerprint density at radius 2 is 2.24 bits per heavy atom. The van der Waals surface area contributed by atoms with Gasteiger partial charge in [0.2, 0.25) is 10.0 Å². The Kier molecular flexibility index (Phi) is 6.55. The summed E-state index contributed by atoms with van der Waals surface area (Å²) in [6, 6.07) is 4.97. The van der Waals surface area contributed by atoms with Crippen molar-refractivity contribution in [2.24, 2.45) is 0 Å². The van der Waals surface area contributed by atoms with Crippen LogP contribution in [0.5, 0.6) is 0 Å². The summed E-state index contributed by atoms with van der Waals surface area (Å²) in [6.07, 6.45) is 1.82. The molecule has 0 spiro atoms. The Balaban J connectivity index is 0.00000220. The lowest BCUT2D eigenvalue weighted by Gasteiger charge is -2.28. The monoisotopic (exact) mass is 338 g/mol. The maximum Gasteiger partial charge on any atom is 0.240 e. The van der Waals surface area contributed by atoms with E-state index in [1.807, 2.05) is 0 Å². The second kappa shape index (κ2) is 7.51. The fraction of sp³-hybridized carbons (Fsp3) is 0.538. The topological polar surface area (TPSA) is 67.4 Å². The molecule has 0 aliphatic carbocycles. The second-order valence-corrected chi connectivity index (χ2v) is 6.79. The summed E-state index contributed by atoms with van der Waals surface area (Å²) in [5.41, 5.74) is -0.380. The van der Waals surface area contributed by atoms with Crippen molar-refractivity contribution >= 4 is 22.4 Å². The van der Waals surface area contributed by atoms with Crippen LogP contribution in [0, 0.1) is 5.82 Å². The molecule has 21 heavy (non-hydrogen) atoms. The number of rotatable bonds is 6. The molecule has 1 saturated heterocycles. The van der Waals surface area contributed by atoms with Gasteiger partial charge in [0.25, 0.3) is 0 Å². The maximum atomic E-state index is 13.1. The minimum atomic E-state index is -3.71. The second-order valence-electron chi connectivity index (χ2n) is 5.03. The highest BCUT2D eigenvalue weighted by Crippen LogP contribution is 2.20. The van der Waals surface area contributed by atoms with Gasteiger partial charge in [0, 0.05) is 13.7 Å². The van der Waals surface area contributed by atoms with E-state index in [1.54, 1.807) is 7.11 Å². The third kappa shape index (κ3) is 4.62. The first-order valence-electron chi connectivity index (χ1n) is 6.47. The molecule has 120 valence electrons. The quantitative estimate of drug-likeness (QED) is 0.820. The molecule has 0 saturated carbocycles. The Labute approximate surface area is 130 Å². The molecule has 1 aromatic rings. The number of nitrogens with one attached hydrogen (secondary N) is 2. The van der Waals surface area contributed by atoms with Gasteiger partial charge in [0.1, 0.15) is 5.82 Å². The number of methoxy groups -OCH3 is 1. The lowest BCUT2D eigenvalue weighted by Crippen LogP contribution is -2.52. The number of hydrogen-bond acceptors (Lipinski definition) is 4. The van der Waals surface area contributed by atoms with E-state index in [-0.39, 0.29) is 29.4 Å². The molecule has 2 rings (SSSR count). The van der Waals surface area contributed by atoms with Gasteiger partial charge in [0.05, 0.1) is 17.0 Å². The van der Waals surface area contributed by atoms with Crippen molar-refractivity contribution < 1.29 is 17.5 Å². The Hall–Kier alpha value is -0.730. The van der Waals surface area contributed by atoms with Crippen LogP contribution in [0.15, 0.2) is 29.2 Å². The molecule has 0 amide bonds. The number of hydrogen-bond donors (Lipinski definition) is 2. The minimum absolute atomic E-state index is 0. The fourth-order valence-electron chi connectivity index (χ4n) is 2.42. The zero-order valence-electron chi connectivity index (χ0n) is 11.8. The SMILES string of the molecule is COCC1(CNS(=O)(=O)c2cccc(F)c2)CCCN1.Cl. The molecule has 1 aliphatic heterocycles. The van der Waals surface area contributed by atoms with E-state index in [9.17, 15) is 12.8 Å². The number of benzene rings is 1. The van der Waals surface area contributed by atoms with Gasteiger partial charge in [-0.1, -0.05) is 6.07 Å². The maximum absolute atomic E-state index is 13.1. The molecule has 1 atom stereocenters. The highest BCUT2D eigenvalue weighted by Gasteiger charge is 2.34. The van der Waals surface area contributed by atoms with Gasteiger partial charge in [-0.2, -0.15) is 0 Å². The van der Waals surface area contributed by atoms with Crippen LogP contribution < -0.4 is 10.0 Å². The van der Waals surface area contributed by atoms with Crippen LogP contribution in [0.4, 0.5) is 4.39 Å². The third-order valence-electron chi connectivity index (χ3n) is 3.46. The van der Waals surface area contributed by atoms with E-state index in [0.717, 1.165) is 25.5 Å². The molecule has 1 aromatic carbocycles. The Morgan fingerprint density at radius 3 is 2.81 bits per heavy atom. The summed E-state index contributed by atoms with van der Waals surface area (Å²) in [6.45, 7) is 1.49. The average Bonchev–Trinajstić information content (AvgIpc) is 2.86. The molecule has 0 aromatic heterocycles. The van der Waals surface area contributed by atoms with Crippen molar-refractivity contribution in [3.63, 3.8) is 0 Å². The summed E-state index contributed by atoms with van der Waals surface area (Å²) < 4.78 is 45.1. The first-order valence-corrected chi connectivity index (χ1v) is 7.95. The van der Waals surface area contributed by atoms with E-state index < -0.39 is 15.8 Å². The molecule has 1 fully saturated rings. The van der Waals surface area contributed by atoms with Gasteiger partial charge in [-0.15, -0.1) is 12.4 Å². The molecule has 8 heteroatoms. The van der Waals surface area contributed by atoms with E-state index in [1.165, 1.54) is 18.2 Å². The molecular weight excluding hydrogens is 319 g/mol. The van der Waals surface area contributed by atoms with Crippen molar-refractivity contribution in [2.75, 3.05) is 26.8 Å². The summed E-state index contributed by atoms with van der Waals surface area (Å²) in [5.74, 6) is -0.571.